The van der Waals surface area contributed by atoms with E-state index in [0.29, 0.717) is 6.04 Å². The lowest BCUT2D eigenvalue weighted by atomic mass is 10.1. The van der Waals surface area contributed by atoms with E-state index < -0.39 is 0 Å². The van der Waals surface area contributed by atoms with Crippen molar-refractivity contribution >= 4 is 11.3 Å². The van der Waals surface area contributed by atoms with Crippen LogP contribution in [0.5, 0.6) is 0 Å². The molecule has 2 nitrogen and oxygen atoms in total. The lowest BCUT2D eigenvalue weighted by molar-refractivity contribution is 0.234. The second kappa shape index (κ2) is 6.53. The van der Waals surface area contributed by atoms with E-state index in [0.717, 1.165) is 12.6 Å². The number of hydrogen-bond acceptors (Lipinski definition) is 3. The summed E-state index contributed by atoms with van der Waals surface area (Å²) in [4.78, 5) is 2.46. The van der Waals surface area contributed by atoms with Crippen molar-refractivity contribution in [1.82, 2.24) is 10.2 Å². The summed E-state index contributed by atoms with van der Waals surface area (Å²) < 4.78 is 0. The van der Waals surface area contributed by atoms with Crippen LogP contribution in [0, 0.1) is 0 Å². The van der Waals surface area contributed by atoms with Gasteiger partial charge in [-0.25, -0.2) is 0 Å². The lowest BCUT2D eigenvalue weighted by Crippen LogP contribution is -2.29. The minimum Gasteiger partial charge on any atom is -0.314 e. The van der Waals surface area contributed by atoms with Crippen LogP contribution in [0.25, 0.3) is 0 Å². The molecule has 3 heteroatoms. The van der Waals surface area contributed by atoms with Crippen molar-refractivity contribution in [2.75, 3.05) is 13.6 Å². The van der Waals surface area contributed by atoms with Crippen LogP contribution in [-0.2, 0) is 6.54 Å². The molecular weight excluding hydrogens is 228 g/mol. The van der Waals surface area contributed by atoms with Gasteiger partial charge in [-0.2, -0.15) is 11.3 Å². The molecule has 1 atom stereocenters. The summed E-state index contributed by atoms with van der Waals surface area (Å²) in [6.07, 6.45) is 5.38. The van der Waals surface area contributed by atoms with Gasteiger partial charge in [0.05, 0.1) is 0 Å². The summed E-state index contributed by atoms with van der Waals surface area (Å²) in [5, 5.41) is 7.99. The number of nitrogens with zero attached hydrogens (tertiary/aromatic N) is 1. The summed E-state index contributed by atoms with van der Waals surface area (Å²) in [5.74, 6) is 0. The Morgan fingerprint density at radius 1 is 1.53 bits per heavy atom. The highest BCUT2D eigenvalue weighted by Gasteiger charge is 2.19. The summed E-state index contributed by atoms with van der Waals surface area (Å²) in [5.41, 5.74) is 1.44. The maximum Gasteiger partial charge on any atom is 0.0241 e. The maximum atomic E-state index is 3.58. The second-order valence-corrected chi connectivity index (χ2v) is 6.05. The molecule has 1 fully saturated rings. The molecule has 0 aliphatic heterocycles. The number of nitrogens with one attached hydrogen (secondary N) is 1. The summed E-state index contributed by atoms with van der Waals surface area (Å²) in [6, 6.07) is 3.76. The van der Waals surface area contributed by atoms with Crippen molar-refractivity contribution in [3.8, 4) is 0 Å². The van der Waals surface area contributed by atoms with Crippen molar-refractivity contribution in [2.24, 2.45) is 0 Å². The van der Waals surface area contributed by atoms with Gasteiger partial charge in [0.2, 0.25) is 0 Å². The van der Waals surface area contributed by atoms with Crippen molar-refractivity contribution in [1.29, 1.82) is 0 Å². The van der Waals surface area contributed by atoms with Gasteiger partial charge in [-0.15, -0.1) is 0 Å². The molecule has 1 saturated carbocycles. The standard InChI is InChI=1S/C14H24N2S/c1-12(4-3-8-15-14-5-6-14)16(2)10-13-7-9-17-11-13/h7,9,11-12,14-15H,3-6,8,10H2,1-2H3. The van der Waals surface area contributed by atoms with Crippen LogP contribution in [0.2, 0.25) is 0 Å². The molecule has 1 heterocycles. The molecule has 0 spiro atoms. The largest absolute Gasteiger partial charge is 0.314 e. The molecule has 1 aromatic heterocycles. The Labute approximate surface area is 109 Å². The Kier molecular flexibility index (Phi) is 5.01. The highest BCUT2D eigenvalue weighted by Crippen LogP contribution is 2.18. The molecule has 2 rings (SSSR count). The van der Waals surface area contributed by atoms with Crippen molar-refractivity contribution in [2.45, 2.75) is 51.2 Å². The lowest BCUT2D eigenvalue weighted by Gasteiger charge is -2.24. The zero-order valence-electron chi connectivity index (χ0n) is 11.0. The fourth-order valence-corrected chi connectivity index (χ4v) is 2.70. The fourth-order valence-electron chi connectivity index (χ4n) is 2.04. The van der Waals surface area contributed by atoms with Crippen LogP contribution >= 0.6 is 11.3 Å². The van der Waals surface area contributed by atoms with E-state index in [1.807, 2.05) is 0 Å². The maximum absolute atomic E-state index is 3.58. The molecule has 1 aliphatic carbocycles. The quantitative estimate of drug-likeness (QED) is 0.715. The third-order valence-corrected chi connectivity index (χ3v) is 4.31. The third-order valence-electron chi connectivity index (χ3n) is 3.57. The van der Waals surface area contributed by atoms with Crippen molar-refractivity contribution in [3.05, 3.63) is 22.4 Å². The molecular formula is C14H24N2S. The Bertz CT molecular complexity index is 306. The predicted octanol–water partition coefficient (Wildman–Crippen LogP) is 3.10. The first-order valence-electron chi connectivity index (χ1n) is 6.70. The van der Waals surface area contributed by atoms with Gasteiger partial charge < -0.3 is 5.32 Å². The average Bonchev–Trinajstić information content (AvgIpc) is 3.01. The molecule has 0 bridgehead atoms. The molecule has 0 aromatic carbocycles. The molecule has 1 aromatic rings. The van der Waals surface area contributed by atoms with Crippen LogP contribution in [0.3, 0.4) is 0 Å². The second-order valence-electron chi connectivity index (χ2n) is 5.27. The molecule has 1 N–H and O–H groups in total. The van der Waals surface area contributed by atoms with Gasteiger partial charge in [-0.3, -0.25) is 4.90 Å². The predicted molar refractivity (Wildman–Crippen MR) is 75.5 cm³/mol. The van der Waals surface area contributed by atoms with Crippen LogP contribution in [0.1, 0.15) is 38.2 Å². The summed E-state index contributed by atoms with van der Waals surface area (Å²) in [6.45, 7) is 4.62. The SMILES string of the molecule is CC(CCCNC1CC1)N(C)Cc1ccsc1. The Balaban J connectivity index is 1.58. The van der Waals surface area contributed by atoms with Crippen LogP contribution in [-0.4, -0.2) is 30.6 Å². The van der Waals surface area contributed by atoms with Gasteiger partial charge in [-0.05, 0) is 68.6 Å². The molecule has 96 valence electrons. The molecule has 0 radical (unpaired) electrons. The Morgan fingerprint density at radius 3 is 3.00 bits per heavy atom. The molecule has 1 aliphatic rings. The minimum atomic E-state index is 0.677. The summed E-state index contributed by atoms with van der Waals surface area (Å²) >= 11 is 1.79. The fraction of sp³-hybridized carbons (Fsp3) is 0.714. The average molecular weight is 252 g/mol. The van der Waals surface area contributed by atoms with Crippen LogP contribution in [0.15, 0.2) is 16.8 Å². The highest BCUT2D eigenvalue weighted by molar-refractivity contribution is 7.07. The molecule has 17 heavy (non-hydrogen) atoms. The van der Waals surface area contributed by atoms with Crippen molar-refractivity contribution in [3.63, 3.8) is 0 Å². The van der Waals surface area contributed by atoms with E-state index in [9.17, 15) is 0 Å². The van der Waals surface area contributed by atoms with E-state index in [1.165, 1.54) is 37.8 Å². The van der Waals surface area contributed by atoms with Gasteiger partial charge in [-0.1, -0.05) is 0 Å². The van der Waals surface area contributed by atoms with Gasteiger partial charge in [0.15, 0.2) is 0 Å². The normalized spacial score (nSPS) is 17.6. The first-order valence-corrected chi connectivity index (χ1v) is 7.64. The number of rotatable bonds is 8. The van der Waals surface area contributed by atoms with Crippen LogP contribution in [0.4, 0.5) is 0 Å². The van der Waals surface area contributed by atoms with Gasteiger partial charge in [0, 0.05) is 18.6 Å². The van der Waals surface area contributed by atoms with Crippen LogP contribution < -0.4 is 5.32 Å². The number of hydrogen-bond donors (Lipinski definition) is 1. The van der Waals surface area contributed by atoms with E-state index in [4.69, 9.17) is 0 Å². The molecule has 0 amide bonds. The minimum absolute atomic E-state index is 0.677. The number of thiophene rings is 1. The van der Waals surface area contributed by atoms with Gasteiger partial charge in [0.1, 0.15) is 0 Å². The Hall–Kier alpha value is -0.380. The molecule has 0 saturated heterocycles. The summed E-state index contributed by atoms with van der Waals surface area (Å²) in [7, 11) is 2.23. The first-order chi connectivity index (χ1) is 8.25. The highest BCUT2D eigenvalue weighted by atomic mass is 32.1. The third kappa shape index (κ3) is 4.78. The topological polar surface area (TPSA) is 15.3 Å². The van der Waals surface area contributed by atoms with E-state index in [-0.39, 0.29) is 0 Å². The first kappa shape index (κ1) is 13.1. The Morgan fingerprint density at radius 2 is 2.35 bits per heavy atom. The van der Waals surface area contributed by atoms with E-state index >= 15 is 0 Å². The van der Waals surface area contributed by atoms with Crippen molar-refractivity contribution < 1.29 is 0 Å². The zero-order chi connectivity index (χ0) is 12.1. The van der Waals surface area contributed by atoms with E-state index in [2.05, 4.69) is 41.0 Å². The van der Waals surface area contributed by atoms with E-state index in [1.54, 1.807) is 11.3 Å². The monoisotopic (exact) mass is 252 g/mol. The molecule has 1 unspecified atom stereocenters. The smallest absolute Gasteiger partial charge is 0.0241 e. The van der Waals surface area contributed by atoms with Gasteiger partial charge in [0.25, 0.3) is 0 Å². The van der Waals surface area contributed by atoms with Gasteiger partial charge >= 0.3 is 0 Å². The zero-order valence-corrected chi connectivity index (χ0v) is 11.8.